The minimum atomic E-state index is 0.0139. The number of hydrogen-bond donors (Lipinski definition) is 1. The van der Waals surface area contributed by atoms with Crippen molar-refractivity contribution in [3.63, 3.8) is 0 Å². The average molecular weight is 341 g/mol. The van der Waals surface area contributed by atoms with E-state index in [2.05, 4.69) is 14.9 Å². The second kappa shape index (κ2) is 7.94. The van der Waals surface area contributed by atoms with Crippen LogP contribution in [0.15, 0.2) is 42.6 Å². The molecule has 25 heavy (non-hydrogen) atoms. The fraction of sp³-hybridized carbons (Fsp3) is 0.389. The molecule has 2 N–H and O–H groups in total. The number of benzene rings is 1. The molecule has 0 unspecified atom stereocenters. The fourth-order valence-electron chi connectivity index (χ4n) is 2.92. The molecule has 1 saturated heterocycles. The molecule has 0 aliphatic carbocycles. The minimum absolute atomic E-state index is 0.0139. The minimum Gasteiger partial charge on any atom is -0.484 e. The number of anilines is 1. The van der Waals surface area contributed by atoms with Crippen molar-refractivity contribution in [3.05, 3.63) is 48.4 Å². The Morgan fingerprint density at radius 3 is 2.92 bits per heavy atom. The lowest BCUT2D eigenvalue weighted by Crippen LogP contribution is -2.38. The molecule has 2 heterocycles. The first-order valence-corrected chi connectivity index (χ1v) is 8.35. The number of aromatic nitrogens is 2. The number of carbonyl (C=O) groups is 1. The Morgan fingerprint density at radius 2 is 2.16 bits per heavy atom. The van der Waals surface area contributed by atoms with Crippen LogP contribution in [0.25, 0.3) is 0 Å². The molecule has 0 spiro atoms. The van der Waals surface area contributed by atoms with E-state index in [0.29, 0.717) is 30.5 Å². The van der Waals surface area contributed by atoms with Crippen LogP contribution in [0.2, 0.25) is 0 Å². The number of likely N-dealkylation sites (tertiary alicyclic amines) is 1. The molecule has 1 amide bonds. The summed E-state index contributed by atoms with van der Waals surface area (Å²) in [6.07, 6.45) is 2.59. The van der Waals surface area contributed by atoms with Crippen LogP contribution in [0.1, 0.15) is 12.2 Å². The number of carbonyl (C=O) groups excluding carboxylic acids is 1. The van der Waals surface area contributed by atoms with Crippen molar-refractivity contribution >= 4 is 11.7 Å². The van der Waals surface area contributed by atoms with Gasteiger partial charge in [0.25, 0.3) is 5.91 Å². The highest BCUT2D eigenvalue weighted by molar-refractivity contribution is 5.78. The van der Waals surface area contributed by atoms with Gasteiger partial charge < -0.3 is 15.4 Å². The maximum absolute atomic E-state index is 12.3. The Kier molecular flexibility index (Phi) is 5.45. The Labute approximate surface area is 147 Å². The van der Waals surface area contributed by atoms with E-state index in [-0.39, 0.29) is 18.6 Å². The van der Waals surface area contributed by atoms with Crippen molar-refractivity contribution in [2.45, 2.75) is 19.0 Å². The quantitative estimate of drug-likeness (QED) is 0.849. The SMILES string of the molecule is CN(Cc1nccc(N)n1)[C@H]1CCN(C(=O)COc2ccccc2)C1. The molecular formula is C18H23N5O2. The van der Waals surface area contributed by atoms with E-state index in [0.717, 1.165) is 13.0 Å². The Morgan fingerprint density at radius 1 is 1.36 bits per heavy atom. The number of nitrogen functional groups attached to an aromatic ring is 1. The summed E-state index contributed by atoms with van der Waals surface area (Å²) in [5.41, 5.74) is 5.69. The van der Waals surface area contributed by atoms with Gasteiger partial charge >= 0.3 is 0 Å². The Hall–Kier alpha value is -2.67. The zero-order chi connectivity index (χ0) is 17.6. The van der Waals surface area contributed by atoms with Crippen molar-refractivity contribution < 1.29 is 9.53 Å². The monoisotopic (exact) mass is 341 g/mol. The third-order valence-electron chi connectivity index (χ3n) is 4.36. The van der Waals surface area contributed by atoms with Gasteiger partial charge in [0, 0.05) is 25.3 Å². The maximum atomic E-state index is 12.3. The topological polar surface area (TPSA) is 84.6 Å². The predicted octanol–water partition coefficient (Wildman–Crippen LogP) is 1.17. The molecule has 1 aliphatic heterocycles. The van der Waals surface area contributed by atoms with Gasteiger partial charge in [-0.25, -0.2) is 9.97 Å². The molecule has 1 fully saturated rings. The smallest absolute Gasteiger partial charge is 0.260 e. The molecule has 7 heteroatoms. The lowest BCUT2D eigenvalue weighted by Gasteiger charge is -2.24. The second-order valence-corrected chi connectivity index (χ2v) is 6.20. The van der Waals surface area contributed by atoms with Crippen LogP contribution >= 0.6 is 0 Å². The second-order valence-electron chi connectivity index (χ2n) is 6.20. The largest absolute Gasteiger partial charge is 0.484 e. The highest BCUT2D eigenvalue weighted by Crippen LogP contribution is 2.17. The summed E-state index contributed by atoms with van der Waals surface area (Å²) < 4.78 is 5.55. The van der Waals surface area contributed by atoms with Crippen molar-refractivity contribution in [2.75, 3.05) is 32.5 Å². The first-order chi connectivity index (χ1) is 12.1. The first kappa shape index (κ1) is 17.2. The molecule has 1 atom stereocenters. The third-order valence-corrected chi connectivity index (χ3v) is 4.36. The number of para-hydroxylation sites is 1. The molecule has 3 rings (SSSR count). The molecule has 0 saturated carbocycles. The van der Waals surface area contributed by atoms with Crippen LogP contribution in [-0.2, 0) is 11.3 Å². The normalized spacial score (nSPS) is 17.0. The van der Waals surface area contributed by atoms with E-state index < -0.39 is 0 Å². The number of amides is 1. The van der Waals surface area contributed by atoms with E-state index in [1.807, 2.05) is 42.3 Å². The van der Waals surface area contributed by atoms with E-state index in [1.165, 1.54) is 0 Å². The molecule has 2 aromatic rings. The molecule has 0 bridgehead atoms. The van der Waals surface area contributed by atoms with E-state index in [9.17, 15) is 4.79 Å². The number of ether oxygens (including phenoxy) is 1. The number of nitrogens with two attached hydrogens (primary N) is 1. The van der Waals surface area contributed by atoms with E-state index in [1.54, 1.807) is 12.3 Å². The summed E-state index contributed by atoms with van der Waals surface area (Å²) in [4.78, 5) is 24.8. The van der Waals surface area contributed by atoms with Crippen LogP contribution in [0.4, 0.5) is 5.82 Å². The van der Waals surface area contributed by atoms with Gasteiger partial charge in [-0.15, -0.1) is 0 Å². The van der Waals surface area contributed by atoms with Crippen LogP contribution in [-0.4, -0.2) is 58.5 Å². The Balaban J connectivity index is 1.48. The lowest BCUT2D eigenvalue weighted by atomic mass is 10.2. The number of rotatable bonds is 6. The number of hydrogen-bond acceptors (Lipinski definition) is 6. The molecule has 0 radical (unpaired) electrons. The van der Waals surface area contributed by atoms with Gasteiger partial charge in [0.05, 0.1) is 6.54 Å². The average Bonchev–Trinajstić information content (AvgIpc) is 3.11. The van der Waals surface area contributed by atoms with Crippen LogP contribution < -0.4 is 10.5 Å². The van der Waals surface area contributed by atoms with Gasteiger partial charge in [-0.05, 0) is 31.7 Å². The first-order valence-electron chi connectivity index (χ1n) is 8.35. The molecule has 1 aromatic carbocycles. The lowest BCUT2D eigenvalue weighted by molar-refractivity contribution is -0.132. The summed E-state index contributed by atoms with van der Waals surface area (Å²) in [5, 5.41) is 0. The number of nitrogens with zero attached hydrogens (tertiary/aromatic N) is 4. The molecule has 1 aromatic heterocycles. The van der Waals surface area contributed by atoms with Gasteiger partial charge in [0.15, 0.2) is 6.61 Å². The van der Waals surface area contributed by atoms with Gasteiger partial charge in [-0.2, -0.15) is 0 Å². The predicted molar refractivity (Wildman–Crippen MR) is 94.8 cm³/mol. The van der Waals surface area contributed by atoms with Gasteiger partial charge in [-0.3, -0.25) is 9.69 Å². The Bertz CT molecular complexity index is 710. The standard InChI is InChI=1S/C18H23N5O2/c1-22(12-17-20-9-7-16(19)21-17)14-8-10-23(11-14)18(24)13-25-15-5-3-2-4-6-15/h2-7,9,14H,8,10-13H2,1H3,(H2,19,20,21)/t14-/m0/s1. The summed E-state index contributed by atoms with van der Waals surface area (Å²) in [6.45, 7) is 2.11. The third kappa shape index (κ3) is 4.67. The van der Waals surface area contributed by atoms with Crippen molar-refractivity contribution in [2.24, 2.45) is 0 Å². The van der Waals surface area contributed by atoms with Crippen molar-refractivity contribution in [3.8, 4) is 5.75 Å². The zero-order valence-corrected chi connectivity index (χ0v) is 14.3. The summed E-state index contributed by atoms with van der Waals surface area (Å²) in [7, 11) is 2.02. The van der Waals surface area contributed by atoms with Crippen LogP contribution in [0.5, 0.6) is 5.75 Å². The fourth-order valence-corrected chi connectivity index (χ4v) is 2.92. The summed E-state index contributed by atoms with van der Waals surface area (Å²) in [5.74, 6) is 1.89. The highest BCUT2D eigenvalue weighted by atomic mass is 16.5. The van der Waals surface area contributed by atoms with Gasteiger partial charge in [-0.1, -0.05) is 18.2 Å². The highest BCUT2D eigenvalue weighted by Gasteiger charge is 2.29. The molecule has 132 valence electrons. The van der Waals surface area contributed by atoms with Gasteiger partial charge in [0.1, 0.15) is 17.4 Å². The summed E-state index contributed by atoms with van der Waals surface area (Å²) in [6, 6.07) is 11.3. The van der Waals surface area contributed by atoms with Crippen LogP contribution in [0.3, 0.4) is 0 Å². The van der Waals surface area contributed by atoms with Crippen LogP contribution in [0, 0.1) is 0 Å². The maximum Gasteiger partial charge on any atom is 0.260 e. The van der Waals surface area contributed by atoms with Crippen molar-refractivity contribution in [1.29, 1.82) is 0 Å². The van der Waals surface area contributed by atoms with Gasteiger partial charge in [0.2, 0.25) is 0 Å². The summed E-state index contributed by atoms with van der Waals surface area (Å²) >= 11 is 0. The molecule has 1 aliphatic rings. The number of likely N-dealkylation sites (N-methyl/N-ethyl adjacent to an activating group) is 1. The van der Waals surface area contributed by atoms with E-state index in [4.69, 9.17) is 10.5 Å². The van der Waals surface area contributed by atoms with E-state index >= 15 is 0 Å². The molecular weight excluding hydrogens is 318 g/mol. The zero-order valence-electron chi connectivity index (χ0n) is 14.3. The molecule has 7 nitrogen and oxygen atoms in total. The van der Waals surface area contributed by atoms with Crippen molar-refractivity contribution in [1.82, 2.24) is 19.8 Å².